The Hall–Kier alpha value is -4.98. The van der Waals surface area contributed by atoms with Crippen molar-refractivity contribution in [2.24, 2.45) is 13.0 Å². The van der Waals surface area contributed by atoms with E-state index in [1.54, 1.807) is 32.2 Å². The fourth-order valence-electron chi connectivity index (χ4n) is 6.67. The number of pyridine rings is 1. The molecule has 3 heterocycles. The van der Waals surface area contributed by atoms with E-state index in [2.05, 4.69) is 32.1 Å². The van der Waals surface area contributed by atoms with E-state index in [0.29, 0.717) is 28.3 Å². The third kappa shape index (κ3) is 7.80. The van der Waals surface area contributed by atoms with Gasteiger partial charge in [-0.3, -0.25) is 18.9 Å². The number of carbonyl (C=O) groups is 1. The van der Waals surface area contributed by atoms with Gasteiger partial charge >= 0.3 is 0 Å². The summed E-state index contributed by atoms with van der Waals surface area (Å²) in [4.78, 5) is 18.6. The molecule has 3 atom stereocenters. The van der Waals surface area contributed by atoms with E-state index < -0.39 is 63.5 Å². The predicted molar refractivity (Wildman–Crippen MR) is 195 cm³/mol. The van der Waals surface area contributed by atoms with Crippen LogP contribution in [0.2, 0.25) is 5.02 Å². The Kier molecular flexibility index (Phi) is 10.1. The lowest BCUT2D eigenvalue weighted by atomic mass is 9.93. The summed E-state index contributed by atoms with van der Waals surface area (Å²) in [6.07, 6.45) is 2.06. The standard InChI is InChI=1S/C37H36ClF4N7O4S/c1-19-20(2)37(41,42)34-27(19)17-43-49(34)18-30(50)45-29(15-21-13-22(39)16-23(40)14-21)32-25(8-7-24(44-32)11-12-36(3,4)51)26-9-10-28(38)31-33(26)48(5)46-35(31)47-54(6,52)53/h7-10,13-14,16-17,19-20,29,51H,15,18H2,1-6H3,(H,45,50)(H,46,47)/t19-,20?,29-/m0/s1. The minimum atomic E-state index is -3.78. The van der Waals surface area contributed by atoms with Crippen molar-refractivity contribution < 1.29 is 35.9 Å². The molecule has 1 aliphatic rings. The molecule has 3 N–H and O–H groups in total. The molecule has 1 amide bonds. The van der Waals surface area contributed by atoms with Crippen molar-refractivity contribution in [3.05, 3.63) is 93.5 Å². The zero-order valence-electron chi connectivity index (χ0n) is 30.0. The average molecular weight is 786 g/mol. The number of aliphatic hydroxyl groups is 1. The lowest BCUT2D eigenvalue weighted by Crippen LogP contribution is -2.35. The van der Waals surface area contributed by atoms with E-state index in [0.717, 1.165) is 23.1 Å². The normalized spacial score (nSPS) is 17.2. The summed E-state index contributed by atoms with van der Waals surface area (Å²) >= 11 is 6.59. The van der Waals surface area contributed by atoms with Crippen LogP contribution in [-0.2, 0) is 40.8 Å². The summed E-state index contributed by atoms with van der Waals surface area (Å²) in [6, 6.07) is 8.05. The Morgan fingerprint density at radius 1 is 1.11 bits per heavy atom. The van der Waals surface area contributed by atoms with Gasteiger partial charge in [0.15, 0.2) is 5.82 Å². The van der Waals surface area contributed by atoms with Crippen LogP contribution in [0.25, 0.3) is 22.0 Å². The minimum absolute atomic E-state index is 0.0451. The summed E-state index contributed by atoms with van der Waals surface area (Å²) in [6.45, 7) is 5.44. The number of sulfonamides is 1. The second-order valence-electron chi connectivity index (χ2n) is 14.0. The van der Waals surface area contributed by atoms with E-state index in [1.807, 2.05) is 0 Å². The molecule has 6 rings (SSSR count). The number of fused-ring (bicyclic) bond motifs is 2. The summed E-state index contributed by atoms with van der Waals surface area (Å²) in [5.41, 5.74) is 0.140. The van der Waals surface area contributed by atoms with Crippen molar-refractivity contribution in [1.82, 2.24) is 29.9 Å². The lowest BCUT2D eigenvalue weighted by Gasteiger charge is -2.23. The molecule has 5 aromatic rings. The van der Waals surface area contributed by atoms with Crippen molar-refractivity contribution in [2.45, 2.75) is 64.1 Å². The van der Waals surface area contributed by atoms with Gasteiger partial charge in [0, 0.05) is 35.7 Å². The van der Waals surface area contributed by atoms with Gasteiger partial charge in [0.1, 0.15) is 35.2 Å². The second-order valence-corrected chi connectivity index (χ2v) is 16.2. The number of nitrogens with zero attached hydrogens (tertiary/aromatic N) is 5. The maximum atomic E-state index is 15.4. The molecular weight excluding hydrogens is 750 g/mol. The van der Waals surface area contributed by atoms with Gasteiger partial charge in [0.25, 0.3) is 5.92 Å². The predicted octanol–water partition coefficient (Wildman–Crippen LogP) is 6.20. The number of aromatic nitrogens is 5. The molecular formula is C37H36ClF4N7O4S. The van der Waals surface area contributed by atoms with Crippen molar-refractivity contribution in [3.63, 3.8) is 0 Å². The topological polar surface area (TPSA) is 144 Å². The molecule has 284 valence electrons. The zero-order chi connectivity index (χ0) is 39.5. The number of nitrogens with one attached hydrogen (secondary N) is 2. The molecule has 17 heteroatoms. The first kappa shape index (κ1) is 38.7. The molecule has 0 bridgehead atoms. The van der Waals surface area contributed by atoms with E-state index in [-0.39, 0.29) is 45.3 Å². The highest BCUT2D eigenvalue weighted by atomic mass is 35.5. The van der Waals surface area contributed by atoms with E-state index in [9.17, 15) is 27.1 Å². The number of amides is 1. The van der Waals surface area contributed by atoms with E-state index in [1.165, 1.54) is 37.7 Å². The van der Waals surface area contributed by atoms with Gasteiger partial charge in [-0.2, -0.15) is 19.0 Å². The Balaban J connectivity index is 1.53. The number of halogens is 5. The highest BCUT2D eigenvalue weighted by Gasteiger charge is 2.53. The first-order chi connectivity index (χ1) is 25.1. The summed E-state index contributed by atoms with van der Waals surface area (Å²) in [5.74, 6) is -1.82. The molecule has 3 aromatic heterocycles. The van der Waals surface area contributed by atoms with Gasteiger partial charge < -0.3 is 10.4 Å². The number of carbonyl (C=O) groups excluding carboxylic acids is 1. The summed E-state index contributed by atoms with van der Waals surface area (Å²) in [5, 5.41) is 22.0. The number of rotatable bonds is 9. The van der Waals surface area contributed by atoms with Crippen LogP contribution in [0.4, 0.5) is 23.4 Å². The smallest absolute Gasteiger partial charge is 0.292 e. The fourth-order valence-corrected chi connectivity index (χ4v) is 7.41. The molecule has 2 aromatic carbocycles. The van der Waals surface area contributed by atoms with Crippen LogP contribution in [0.15, 0.2) is 48.7 Å². The van der Waals surface area contributed by atoms with Gasteiger partial charge in [-0.05, 0) is 68.0 Å². The van der Waals surface area contributed by atoms with Crippen LogP contribution >= 0.6 is 11.6 Å². The summed E-state index contributed by atoms with van der Waals surface area (Å²) in [7, 11) is -2.21. The molecule has 0 spiro atoms. The molecule has 1 unspecified atom stereocenters. The van der Waals surface area contributed by atoms with Crippen LogP contribution < -0.4 is 10.0 Å². The molecule has 0 saturated carbocycles. The first-order valence-electron chi connectivity index (χ1n) is 16.7. The molecule has 0 aliphatic heterocycles. The van der Waals surface area contributed by atoms with Gasteiger partial charge in [-0.1, -0.05) is 37.4 Å². The third-order valence-corrected chi connectivity index (χ3v) is 10.1. The Labute approximate surface area is 313 Å². The van der Waals surface area contributed by atoms with E-state index >= 15 is 8.78 Å². The van der Waals surface area contributed by atoms with Crippen molar-refractivity contribution in [1.29, 1.82) is 0 Å². The number of hydrogen-bond donors (Lipinski definition) is 3. The highest BCUT2D eigenvalue weighted by molar-refractivity contribution is 7.92. The number of benzene rings is 2. The zero-order valence-corrected chi connectivity index (χ0v) is 31.5. The molecule has 0 saturated heterocycles. The average Bonchev–Trinajstić information content (AvgIpc) is 3.67. The Morgan fingerprint density at radius 2 is 1.78 bits per heavy atom. The lowest BCUT2D eigenvalue weighted by molar-refractivity contribution is -0.123. The van der Waals surface area contributed by atoms with Crippen LogP contribution in [-0.4, -0.2) is 55.8 Å². The van der Waals surface area contributed by atoms with Crippen molar-refractivity contribution in [3.8, 4) is 23.0 Å². The largest absolute Gasteiger partial charge is 0.378 e. The Bertz CT molecular complexity index is 2460. The quantitative estimate of drug-likeness (QED) is 0.119. The monoisotopic (exact) mass is 785 g/mol. The molecule has 1 aliphatic carbocycles. The number of hydrogen-bond acceptors (Lipinski definition) is 7. The van der Waals surface area contributed by atoms with Gasteiger partial charge in [-0.25, -0.2) is 22.2 Å². The van der Waals surface area contributed by atoms with Gasteiger partial charge in [0.2, 0.25) is 15.9 Å². The second kappa shape index (κ2) is 14.0. The minimum Gasteiger partial charge on any atom is -0.378 e. The maximum absolute atomic E-state index is 15.4. The van der Waals surface area contributed by atoms with Crippen LogP contribution in [0, 0.1) is 29.4 Å². The Morgan fingerprint density at radius 3 is 2.43 bits per heavy atom. The molecule has 54 heavy (non-hydrogen) atoms. The van der Waals surface area contributed by atoms with Gasteiger partial charge in [-0.15, -0.1) is 0 Å². The SMILES string of the molecule is CC1[C@H](C)c2cnn(CC(=O)N[C@@H](Cc3cc(F)cc(F)c3)c3nc(C#CC(C)(C)O)ccc3-c3ccc(Cl)c4c(NS(C)(=O)=O)nn(C)c34)c2C1(F)F. The highest BCUT2D eigenvalue weighted by Crippen LogP contribution is 2.52. The van der Waals surface area contributed by atoms with E-state index in [4.69, 9.17) is 16.6 Å². The van der Waals surface area contributed by atoms with Crippen molar-refractivity contribution in [2.75, 3.05) is 11.0 Å². The molecule has 0 fully saturated rings. The number of alkyl halides is 2. The van der Waals surface area contributed by atoms with Gasteiger partial charge in [0.05, 0.1) is 40.1 Å². The number of aryl methyl sites for hydroxylation is 1. The van der Waals surface area contributed by atoms with Crippen LogP contribution in [0.3, 0.4) is 0 Å². The van der Waals surface area contributed by atoms with Crippen LogP contribution in [0.5, 0.6) is 0 Å². The first-order valence-corrected chi connectivity index (χ1v) is 19.0. The van der Waals surface area contributed by atoms with Crippen LogP contribution in [0.1, 0.15) is 67.9 Å². The number of anilines is 1. The summed E-state index contributed by atoms with van der Waals surface area (Å²) < 4.78 is 89.0. The fraction of sp³-hybridized carbons (Fsp3) is 0.351. The maximum Gasteiger partial charge on any atom is 0.292 e. The molecule has 0 radical (unpaired) electrons. The third-order valence-electron chi connectivity index (χ3n) is 9.25. The van der Waals surface area contributed by atoms with Crippen molar-refractivity contribution >= 4 is 44.3 Å². The molecule has 11 nitrogen and oxygen atoms in total.